The van der Waals surface area contributed by atoms with Crippen LogP contribution < -0.4 is 9.47 Å². The molecule has 0 aliphatic rings. The van der Waals surface area contributed by atoms with Crippen molar-refractivity contribution in [3.05, 3.63) is 220 Å². The van der Waals surface area contributed by atoms with Crippen LogP contribution in [0.2, 0.25) is 0 Å². The van der Waals surface area contributed by atoms with Gasteiger partial charge in [0.25, 0.3) is 0 Å². The Labute approximate surface area is 324 Å². The van der Waals surface area contributed by atoms with Crippen LogP contribution in [0, 0.1) is 27.7 Å². The smallest absolute Gasteiger partial charge is 0.133 e. The Balaban J connectivity index is 1.07. The van der Waals surface area contributed by atoms with Gasteiger partial charge in [0.2, 0.25) is 0 Å². The minimum Gasteiger partial charge on any atom is -0.488 e. The maximum Gasteiger partial charge on any atom is 0.133 e. The normalized spacial score (nSPS) is 10.5. The van der Waals surface area contributed by atoms with Crippen LogP contribution in [0.1, 0.15) is 50.1 Å². The van der Waals surface area contributed by atoms with Gasteiger partial charge in [-0.2, -0.15) is 0 Å². The van der Waals surface area contributed by atoms with Crippen molar-refractivity contribution in [1.82, 2.24) is 0 Å². The second-order valence-electron chi connectivity index (χ2n) is 13.5. The second-order valence-corrected chi connectivity index (χ2v) is 13.5. The average molecular weight is 715 g/mol. The number of ether oxygens (including phenoxy) is 2. The Kier molecular flexibility index (Phi) is 11.4. The fraction of sp³-hybridized carbons (Fsp3) is 0.0980. The Morgan fingerprint density at radius 1 is 0.436 bits per heavy atom. The van der Waals surface area contributed by atoms with E-state index in [4.69, 9.17) is 9.47 Å². The lowest BCUT2D eigenvalue weighted by molar-refractivity contribution is 0.302. The summed E-state index contributed by atoms with van der Waals surface area (Å²) in [6, 6.07) is 57.0. The third-order valence-electron chi connectivity index (χ3n) is 9.26. The molecule has 0 saturated heterocycles. The van der Waals surface area contributed by atoms with Crippen LogP contribution in [-0.2, 0) is 6.61 Å². The molecule has 268 valence electrons. The SMILES string of the molecule is Cc1cc(C(=C=Nc2ccccc2)c2ccccc2)cc(C)c1OCc1ccc(Oc2c(C)cc(C(=C=Nc3ccccc3)c3ccccc3)cc2C)cc1. The van der Waals surface area contributed by atoms with Gasteiger partial charge in [-0.1, -0.05) is 109 Å². The molecule has 0 aliphatic carbocycles. The number of hydrogen-bond acceptors (Lipinski definition) is 4. The summed E-state index contributed by atoms with van der Waals surface area (Å²) in [5.41, 5.74) is 13.0. The van der Waals surface area contributed by atoms with Gasteiger partial charge in [0.1, 0.15) is 23.9 Å². The Morgan fingerprint density at radius 2 is 0.818 bits per heavy atom. The molecule has 0 unspecified atom stereocenters. The van der Waals surface area contributed by atoms with Crippen LogP contribution in [-0.4, -0.2) is 11.7 Å². The summed E-state index contributed by atoms with van der Waals surface area (Å²) >= 11 is 0. The number of rotatable bonds is 11. The van der Waals surface area contributed by atoms with Gasteiger partial charge >= 0.3 is 0 Å². The maximum atomic E-state index is 6.48. The summed E-state index contributed by atoms with van der Waals surface area (Å²) in [7, 11) is 0. The van der Waals surface area contributed by atoms with Crippen LogP contribution >= 0.6 is 0 Å². The summed E-state index contributed by atoms with van der Waals surface area (Å²) < 4.78 is 12.9. The standard InChI is InChI=1S/C51H42N2O2/c1-36-29-43(48(41-17-9-5-10-18-41)33-52-45-21-13-7-14-22-45)30-37(2)50(36)54-35-40-25-27-47(28-26-40)55-51-38(3)31-44(32-39(51)4)49(42-19-11-6-12-20-42)34-53-46-23-15-8-16-24-46/h5-32H,35H2,1-4H3. The molecule has 0 spiro atoms. The third kappa shape index (κ3) is 9.16. The number of hydrogen-bond donors (Lipinski definition) is 0. The summed E-state index contributed by atoms with van der Waals surface area (Å²) in [5, 5.41) is 0. The Morgan fingerprint density at radius 3 is 1.24 bits per heavy atom. The molecule has 0 bridgehead atoms. The quantitative estimate of drug-likeness (QED) is 0.125. The van der Waals surface area contributed by atoms with E-state index in [2.05, 4.69) is 110 Å². The molecule has 7 rings (SSSR count). The Bertz CT molecular complexity index is 2480. The summed E-state index contributed by atoms with van der Waals surface area (Å²) in [4.78, 5) is 9.33. The minimum atomic E-state index is 0.435. The molecular formula is C51H42N2O2. The fourth-order valence-electron chi connectivity index (χ4n) is 6.55. The van der Waals surface area contributed by atoms with E-state index in [1.807, 2.05) is 109 Å². The van der Waals surface area contributed by atoms with Crippen LogP contribution in [0.25, 0.3) is 11.1 Å². The number of aliphatic imine (C=N–C) groups is 2. The molecule has 0 aromatic heterocycles. The van der Waals surface area contributed by atoms with Gasteiger partial charge in [0, 0.05) is 0 Å². The zero-order valence-corrected chi connectivity index (χ0v) is 31.6. The lowest BCUT2D eigenvalue weighted by Crippen LogP contribution is -2.01. The number of benzene rings is 7. The first-order valence-corrected chi connectivity index (χ1v) is 18.4. The maximum absolute atomic E-state index is 6.48. The van der Waals surface area contributed by atoms with Gasteiger partial charge in [0.15, 0.2) is 0 Å². The first-order chi connectivity index (χ1) is 26.9. The topological polar surface area (TPSA) is 43.2 Å². The van der Waals surface area contributed by atoms with Crippen molar-refractivity contribution in [2.45, 2.75) is 34.3 Å². The van der Waals surface area contributed by atoms with Crippen molar-refractivity contribution in [1.29, 1.82) is 0 Å². The van der Waals surface area contributed by atoms with Crippen molar-refractivity contribution >= 4 is 34.3 Å². The molecule has 0 radical (unpaired) electrons. The molecule has 0 N–H and O–H groups in total. The number of nitrogens with zero attached hydrogens (tertiary/aromatic N) is 2. The molecular weight excluding hydrogens is 673 g/mol. The van der Waals surface area contributed by atoms with E-state index in [1.54, 1.807) is 0 Å². The van der Waals surface area contributed by atoms with Gasteiger partial charge in [0.05, 0.1) is 22.5 Å². The van der Waals surface area contributed by atoms with E-state index in [0.717, 1.165) is 89.8 Å². The molecule has 7 aromatic carbocycles. The van der Waals surface area contributed by atoms with E-state index in [1.165, 1.54) is 0 Å². The average Bonchev–Trinajstić information content (AvgIpc) is 3.21. The molecule has 0 fully saturated rings. The van der Waals surface area contributed by atoms with Crippen LogP contribution in [0.4, 0.5) is 11.4 Å². The fourth-order valence-corrected chi connectivity index (χ4v) is 6.55. The molecule has 4 nitrogen and oxygen atoms in total. The highest BCUT2D eigenvalue weighted by molar-refractivity contribution is 6.00. The molecule has 0 heterocycles. The van der Waals surface area contributed by atoms with Crippen LogP contribution in [0.5, 0.6) is 17.2 Å². The minimum absolute atomic E-state index is 0.435. The highest BCUT2D eigenvalue weighted by Crippen LogP contribution is 2.34. The zero-order valence-electron chi connectivity index (χ0n) is 31.6. The highest BCUT2D eigenvalue weighted by atomic mass is 16.5. The van der Waals surface area contributed by atoms with Crippen molar-refractivity contribution < 1.29 is 9.47 Å². The van der Waals surface area contributed by atoms with E-state index in [9.17, 15) is 0 Å². The lowest BCUT2D eigenvalue weighted by Gasteiger charge is -2.16. The lowest BCUT2D eigenvalue weighted by atomic mass is 9.95. The largest absolute Gasteiger partial charge is 0.488 e. The monoisotopic (exact) mass is 714 g/mol. The van der Waals surface area contributed by atoms with Crippen LogP contribution in [0.15, 0.2) is 180 Å². The van der Waals surface area contributed by atoms with Gasteiger partial charge in [-0.05, 0) is 150 Å². The second kappa shape index (κ2) is 17.2. The molecule has 7 aromatic rings. The molecule has 55 heavy (non-hydrogen) atoms. The zero-order chi connectivity index (χ0) is 38.0. The third-order valence-corrected chi connectivity index (χ3v) is 9.26. The van der Waals surface area contributed by atoms with Crippen molar-refractivity contribution in [2.75, 3.05) is 0 Å². The van der Waals surface area contributed by atoms with Gasteiger partial charge in [-0.15, -0.1) is 0 Å². The first-order valence-electron chi connectivity index (χ1n) is 18.4. The van der Waals surface area contributed by atoms with E-state index in [-0.39, 0.29) is 0 Å². The molecule has 0 atom stereocenters. The molecule has 0 aliphatic heterocycles. The van der Waals surface area contributed by atoms with Gasteiger partial charge in [-0.3, -0.25) is 0 Å². The van der Waals surface area contributed by atoms with E-state index < -0.39 is 0 Å². The van der Waals surface area contributed by atoms with Crippen molar-refractivity contribution in [3.8, 4) is 17.2 Å². The van der Waals surface area contributed by atoms with Crippen LogP contribution in [0.3, 0.4) is 0 Å². The Hall–Kier alpha value is -6.96. The van der Waals surface area contributed by atoms with E-state index >= 15 is 0 Å². The first kappa shape index (κ1) is 36.4. The molecule has 0 amide bonds. The summed E-state index contributed by atoms with van der Waals surface area (Å²) in [6.45, 7) is 8.77. The molecule has 0 saturated carbocycles. The summed E-state index contributed by atoms with van der Waals surface area (Å²) in [6.07, 6.45) is 0. The molecule has 4 heteroatoms. The predicted molar refractivity (Wildman–Crippen MR) is 228 cm³/mol. The van der Waals surface area contributed by atoms with Crippen molar-refractivity contribution in [3.63, 3.8) is 0 Å². The number of aryl methyl sites for hydroxylation is 4. The summed E-state index contributed by atoms with van der Waals surface area (Å²) in [5.74, 6) is 9.15. The van der Waals surface area contributed by atoms with E-state index in [0.29, 0.717) is 6.61 Å². The van der Waals surface area contributed by atoms with Gasteiger partial charge in [-0.25, -0.2) is 9.98 Å². The number of para-hydroxylation sites is 2. The highest BCUT2D eigenvalue weighted by Gasteiger charge is 2.14. The van der Waals surface area contributed by atoms with Gasteiger partial charge < -0.3 is 9.47 Å². The predicted octanol–water partition coefficient (Wildman–Crippen LogP) is 13.2. The van der Waals surface area contributed by atoms with Crippen molar-refractivity contribution in [2.24, 2.45) is 9.98 Å².